The van der Waals surface area contributed by atoms with Gasteiger partial charge < -0.3 is 24.8 Å². The van der Waals surface area contributed by atoms with Crippen LogP contribution in [-0.4, -0.2) is 35.3 Å². The van der Waals surface area contributed by atoms with E-state index >= 15 is 0 Å². The van der Waals surface area contributed by atoms with E-state index in [9.17, 15) is 20.1 Å². The highest BCUT2D eigenvalue weighted by Crippen LogP contribution is 2.28. The number of ether oxygens (including phenoxy) is 2. The molecule has 0 unspecified atom stereocenters. The van der Waals surface area contributed by atoms with Gasteiger partial charge in [0.2, 0.25) is 0 Å². The lowest BCUT2D eigenvalue weighted by Crippen LogP contribution is -2.06. The zero-order chi connectivity index (χ0) is 24.5. The van der Waals surface area contributed by atoms with Crippen LogP contribution in [0.4, 0.5) is 0 Å². The predicted octanol–water partition coefficient (Wildman–Crippen LogP) is 5.47. The number of aliphatic hydroxyl groups is 1. The molecular weight excluding hydrogens is 432 g/mol. The number of rotatable bonds is 9. The Morgan fingerprint density at radius 1 is 0.794 bits per heavy atom. The first-order chi connectivity index (χ1) is 16.4. The summed E-state index contributed by atoms with van der Waals surface area (Å²) in [7, 11) is 2.90. The molecule has 6 heteroatoms. The van der Waals surface area contributed by atoms with Crippen LogP contribution in [0.3, 0.4) is 0 Å². The maximum atomic E-state index is 13.1. The summed E-state index contributed by atoms with van der Waals surface area (Å²) in [6, 6.07) is 18.9. The van der Waals surface area contributed by atoms with Crippen LogP contribution in [-0.2, 0) is 11.2 Å². The summed E-state index contributed by atoms with van der Waals surface area (Å²) in [5.41, 5.74) is 2.43. The first kappa shape index (κ1) is 24.2. The van der Waals surface area contributed by atoms with Crippen molar-refractivity contribution in [3.05, 3.63) is 107 Å². The molecule has 0 aliphatic rings. The van der Waals surface area contributed by atoms with E-state index in [1.807, 2.05) is 30.3 Å². The molecule has 174 valence electrons. The van der Waals surface area contributed by atoms with E-state index in [0.29, 0.717) is 22.6 Å². The molecule has 6 nitrogen and oxygen atoms in total. The molecule has 0 amide bonds. The standard InChI is InChI=1S/C28H26O6/c1-33-27-17-20(10-14-25(27)31)8-12-23(29)22(16-19-6-4-3-5-7-19)24(30)13-9-21-11-15-26(32)28(18-21)34-2/h3-15,17-18,29,31-32H,16H2,1-2H3/b12-8+,13-9+,23-22?. The van der Waals surface area contributed by atoms with E-state index in [4.69, 9.17) is 9.47 Å². The van der Waals surface area contributed by atoms with E-state index in [1.165, 1.54) is 38.5 Å². The highest BCUT2D eigenvalue weighted by molar-refractivity contribution is 6.07. The third kappa shape index (κ3) is 6.29. The van der Waals surface area contributed by atoms with Crippen molar-refractivity contribution in [2.45, 2.75) is 6.42 Å². The lowest BCUT2D eigenvalue weighted by atomic mass is 9.99. The van der Waals surface area contributed by atoms with Crippen LogP contribution >= 0.6 is 0 Å². The fourth-order valence-electron chi connectivity index (χ4n) is 3.25. The van der Waals surface area contributed by atoms with Gasteiger partial charge in [0.05, 0.1) is 14.2 Å². The number of phenols is 2. The normalized spacial score (nSPS) is 12.1. The van der Waals surface area contributed by atoms with Crippen LogP contribution in [0.25, 0.3) is 12.2 Å². The van der Waals surface area contributed by atoms with Gasteiger partial charge in [-0.3, -0.25) is 4.79 Å². The Labute approximate surface area is 198 Å². The Bertz CT molecular complexity index is 1240. The van der Waals surface area contributed by atoms with Gasteiger partial charge in [0.15, 0.2) is 28.8 Å². The quantitative estimate of drug-likeness (QED) is 0.224. The summed E-state index contributed by atoms with van der Waals surface area (Å²) in [6.07, 6.45) is 6.27. The highest BCUT2D eigenvalue weighted by atomic mass is 16.5. The lowest BCUT2D eigenvalue weighted by Gasteiger charge is -2.07. The molecule has 3 aromatic carbocycles. The van der Waals surface area contributed by atoms with Crippen molar-refractivity contribution in [1.82, 2.24) is 0 Å². The molecule has 0 radical (unpaired) electrons. The van der Waals surface area contributed by atoms with E-state index in [2.05, 4.69) is 0 Å². The Hall–Kier alpha value is -4.45. The molecule has 0 heterocycles. The number of methoxy groups -OCH3 is 2. The number of benzene rings is 3. The van der Waals surface area contributed by atoms with Gasteiger partial charge in [-0.05, 0) is 53.1 Å². The average Bonchev–Trinajstić information content (AvgIpc) is 2.86. The minimum absolute atomic E-state index is 0.00396. The fourth-order valence-corrected chi connectivity index (χ4v) is 3.25. The molecule has 0 bridgehead atoms. The monoisotopic (exact) mass is 458 g/mol. The van der Waals surface area contributed by atoms with Crippen LogP contribution in [0, 0.1) is 0 Å². The Balaban J connectivity index is 1.92. The van der Waals surface area contributed by atoms with Crippen LogP contribution < -0.4 is 9.47 Å². The van der Waals surface area contributed by atoms with Gasteiger partial charge >= 0.3 is 0 Å². The third-order valence-corrected chi connectivity index (χ3v) is 5.10. The number of hydrogen-bond donors (Lipinski definition) is 3. The summed E-state index contributed by atoms with van der Waals surface area (Å²) in [5.74, 6) is 0.0815. The Morgan fingerprint density at radius 2 is 1.32 bits per heavy atom. The van der Waals surface area contributed by atoms with Crippen LogP contribution in [0.15, 0.2) is 90.2 Å². The van der Waals surface area contributed by atoms with E-state index in [0.717, 1.165) is 5.56 Å². The second-order valence-electron chi connectivity index (χ2n) is 7.42. The second kappa shape index (κ2) is 11.4. The number of allylic oxidation sites excluding steroid dienone is 3. The van der Waals surface area contributed by atoms with E-state index < -0.39 is 0 Å². The molecule has 3 N–H and O–H groups in total. The number of phenolic OH excluding ortho intramolecular Hbond substituents is 2. The summed E-state index contributed by atoms with van der Waals surface area (Å²) in [5, 5.41) is 30.3. The van der Waals surface area contributed by atoms with Gasteiger partial charge in [0.1, 0.15) is 5.76 Å². The second-order valence-corrected chi connectivity index (χ2v) is 7.42. The number of ketones is 1. The molecule has 0 aliphatic heterocycles. The van der Waals surface area contributed by atoms with Gasteiger partial charge in [-0.2, -0.15) is 0 Å². The van der Waals surface area contributed by atoms with Crippen molar-refractivity contribution >= 4 is 17.9 Å². The van der Waals surface area contributed by atoms with Crippen LogP contribution in [0.1, 0.15) is 16.7 Å². The summed E-state index contributed by atoms with van der Waals surface area (Å²) >= 11 is 0. The number of hydrogen-bond acceptors (Lipinski definition) is 6. The third-order valence-electron chi connectivity index (χ3n) is 5.10. The maximum Gasteiger partial charge on any atom is 0.185 e. The van der Waals surface area contributed by atoms with E-state index in [1.54, 1.807) is 36.4 Å². The fraction of sp³-hybridized carbons (Fsp3) is 0.107. The molecule has 3 rings (SSSR count). The Kier molecular flexibility index (Phi) is 8.13. The van der Waals surface area contributed by atoms with Gasteiger partial charge in [-0.1, -0.05) is 54.6 Å². The van der Waals surface area contributed by atoms with E-state index in [-0.39, 0.29) is 35.0 Å². The van der Waals surface area contributed by atoms with Crippen LogP contribution in [0.5, 0.6) is 23.0 Å². The Morgan fingerprint density at radius 3 is 1.85 bits per heavy atom. The number of aliphatic hydroxyl groups excluding tert-OH is 1. The average molecular weight is 459 g/mol. The SMILES string of the molecule is COc1cc(/C=C/C(=O)C(Cc2ccccc2)=C(O)/C=C/c2ccc(O)c(OC)c2)ccc1O. The molecule has 34 heavy (non-hydrogen) atoms. The van der Waals surface area contributed by atoms with Crippen molar-refractivity contribution in [2.24, 2.45) is 0 Å². The number of carbonyl (C=O) groups is 1. The minimum Gasteiger partial charge on any atom is -0.508 e. The largest absolute Gasteiger partial charge is 0.508 e. The van der Waals surface area contributed by atoms with Gasteiger partial charge in [0, 0.05) is 12.0 Å². The van der Waals surface area contributed by atoms with Crippen molar-refractivity contribution in [2.75, 3.05) is 14.2 Å². The molecule has 3 aromatic rings. The van der Waals surface area contributed by atoms with Crippen molar-refractivity contribution in [3.8, 4) is 23.0 Å². The molecule has 0 spiro atoms. The zero-order valence-corrected chi connectivity index (χ0v) is 18.9. The summed E-state index contributed by atoms with van der Waals surface area (Å²) in [4.78, 5) is 13.1. The smallest absolute Gasteiger partial charge is 0.185 e. The van der Waals surface area contributed by atoms with Gasteiger partial charge in [-0.15, -0.1) is 0 Å². The molecule has 0 saturated heterocycles. The molecule has 0 saturated carbocycles. The first-order valence-corrected chi connectivity index (χ1v) is 10.5. The lowest BCUT2D eigenvalue weighted by molar-refractivity contribution is -0.111. The molecule has 0 atom stereocenters. The molecule has 0 aliphatic carbocycles. The topological polar surface area (TPSA) is 96.2 Å². The summed E-state index contributed by atoms with van der Waals surface area (Å²) < 4.78 is 10.2. The zero-order valence-electron chi connectivity index (χ0n) is 18.9. The predicted molar refractivity (Wildman–Crippen MR) is 132 cm³/mol. The van der Waals surface area contributed by atoms with Crippen molar-refractivity contribution < 1.29 is 29.6 Å². The molecule has 0 aromatic heterocycles. The summed E-state index contributed by atoms with van der Waals surface area (Å²) in [6.45, 7) is 0. The molecular formula is C28H26O6. The van der Waals surface area contributed by atoms with Crippen molar-refractivity contribution in [1.29, 1.82) is 0 Å². The minimum atomic E-state index is -0.360. The van der Waals surface area contributed by atoms with Gasteiger partial charge in [-0.25, -0.2) is 0 Å². The maximum absolute atomic E-state index is 13.1. The number of carbonyl (C=O) groups excluding carboxylic acids is 1. The van der Waals surface area contributed by atoms with Crippen LogP contribution in [0.2, 0.25) is 0 Å². The number of aromatic hydroxyl groups is 2. The highest BCUT2D eigenvalue weighted by Gasteiger charge is 2.13. The molecule has 0 fully saturated rings. The van der Waals surface area contributed by atoms with Crippen molar-refractivity contribution in [3.63, 3.8) is 0 Å². The van der Waals surface area contributed by atoms with Gasteiger partial charge in [0.25, 0.3) is 0 Å². The first-order valence-electron chi connectivity index (χ1n) is 10.5.